The van der Waals surface area contributed by atoms with Gasteiger partial charge in [0.15, 0.2) is 18.1 Å². The number of rotatable bonds is 10. The van der Waals surface area contributed by atoms with E-state index in [2.05, 4.69) is 5.32 Å². The number of aliphatic hydroxyl groups is 3. The normalized spacial score (nSPS) is 28.8. The van der Waals surface area contributed by atoms with Gasteiger partial charge < -0.3 is 45.3 Å². The average molecular weight is 563 g/mol. The average Bonchev–Trinajstić information content (AvgIpc) is 3.24. The van der Waals surface area contributed by atoms with Crippen molar-refractivity contribution in [2.24, 2.45) is 5.73 Å². The zero-order valence-corrected chi connectivity index (χ0v) is 21.3. The van der Waals surface area contributed by atoms with E-state index >= 15 is 0 Å². The molecule has 0 saturated carbocycles. The topological polar surface area (TPSA) is 225 Å². The number of hydrogen-bond donors (Lipinski definition) is 6. The number of primary amides is 1. The minimum Gasteiger partial charge on any atom is -0.456 e. The molecule has 7 N–H and O–H groups in total. The molecule has 15 nitrogen and oxygen atoms in total. The van der Waals surface area contributed by atoms with Crippen molar-refractivity contribution in [1.82, 2.24) is 14.9 Å². The van der Waals surface area contributed by atoms with Crippen molar-refractivity contribution in [2.45, 2.75) is 55.6 Å². The van der Waals surface area contributed by atoms with Crippen LogP contribution in [0.25, 0.3) is 0 Å². The Morgan fingerprint density at radius 3 is 2.52 bits per heavy atom. The number of methoxy groups -OCH3 is 1. The van der Waals surface area contributed by atoms with Gasteiger partial charge in [-0.1, -0.05) is 30.3 Å². The van der Waals surface area contributed by atoms with E-state index in [0.29, 0.717) is 6.42 Å². The Morgan fingerprint density at radius 2 is 1.88 bits per heavy atom. The van der Waals surface area contributed by atoms with Gasteiger partial charge in [0.1, 0.15) is 30.5 Å². The molecule has 40 heavy (non-hydrogen) atoms. The van der Waals surface area contributed by atoms with Crippen molar-refractivity contribution in [3.05, 3.63) is 80.8 Å². The van der Waals surface area contributed by atoms with Gasteiger partial charge in [0.2, 0.25) is 12.2 Å². The maximum absolute atomic E-state index is 12.7. The van der Waals surface area contributed by atoms with Crippen molar-refractivity contribution in [3.63, 3.8) is 0 Å². The minimum atomic E-state index is -1.76. The van der Waals surface area contributed by atoms with Crippen LogP contribution >= 0.6 is 0 Å². The Kier molecular flexibility index (Phi) is 9.14. The molecule has 1 aromatic heterocycles. The number of nitrogens with two attached hydrogens (primary N) is 1. The molecule has 0 aliphatic carbocycles. The Hall–Kier alpha value is -3.86. The van der Waals surface area contributed by atoms with Crippen molar-refractivity contribution < 1.29 is 43.9 Å². The molecule has 2 aliphatic heterocycles. The van der Waals surface area contributed by atoms with E-state index in [1.807, 2.05) is 35.3 Å². The molecule has 1 aromatic carbocycles. The monoisotopic (exact) mass is 562 g/mol. The van der Waals surface area contributed by atoms with Crippen LogP contribution in [0.2, 0.25) is 0 Å². The summed E-state index contributed by atoms with van der Waals surface area (Å²) in [7, 11) is 1.21. The molecule has 0 spiro atoms. The Morgan fingerprint density at radius 1 is 1.15 bits per heavy atom. The summed E-state index contributed by atoms with van der Waals surface area (Å²) in [5.41, 5.74) is 4.94. The van der Waals surface area contributed by atoms with Crippen molar-refractivity contribution in [3.8, 4) is 0 Å². The summed E-state index contributed by atoms with van der Waals surface area (Å²) in [6, 6.07) is 10.4. The number of nitrogens with zero attached hydrogens (tertiary/aromatic N) is 1. The molecule has 1 saturated heterocycles. The first-order valence-corrected chi connectivity index (χ1v) is 12.3. The summed E-state index contributed by atoms with van der Waals surface area (Å²) < 4.78 is 23.0. The number of carbonyl (C=O) groups is 2. The number of H-pyrrole nitrogens is 1. The molecule has 4 rings (SSSR count). The molecule has 216 valence electrons. The van der Waals surface area contributed by atoms with Gasteiger partial charge in [0.25, 0.3) is 11.5 Å². The lowest BCUT2D eigenvalue weighted by atomic mass is 10.0. The molecule has 0 radical (unpaired) electrons. The third kappa shape index (κ3) is 6.30. The quantitative estimate of drug-likeness (QED) is 0.171. The minimum absolute atomic E-state index is 0.243. The van der Waals surface area contributed by atoms with Gasteiger partial charge in [-0.25, -0.2) is 4.79 Å². The lowest BCUT2D eigenvalue weighted by Gasteiger charge is -2.35. The van der Waals surface area contributed by atoms with Crippen molar-refractivity contribution >= 4 is 11.8 Å². The second-order valence-electron chi connectivity index (χ2n) is 9.15. The van der Waals surface area contributed by atoms with Gasteiger partial charge in [0.05, 0.1) is 0 Å². The van der Waals surface area contributed by atoms with Crippen LogP contribution in [0, 0.1) is 0 Å². The molecule has 2 amide bonds. The highest BCUT2D eigenvalue weighted by molar-refractivity contribution is 5.91. The van der Waals surface area contributed by atoms with Crippen molar-refractivity contribution in [2.75, 3.05) is 13.7 Å². The maximum Gasteiger partial charge on any atom is 0.330 e. The van der Waals surface area contributed by atoms with Crippen LogP contribution in [0.5, 0.6) is 0 Å². The van der Waals surface area contributed by atoms with E-state index in [0.717, 1.165) is 28.5 Å². The molecule has 15 heteroatoms. The van der Waals surface area contributed by atoms with Crippen LogP contribution < -0.4 is 22.3 Å². The standard InChI is InChI=1S/C25H30N4O11/c1-37-18-17(33)23(29-10-8-15(31)28-25(29)36)39-19(18)20(21(26)34)40-24-16(32)13(30)11-14(38-24)22(35)27-9-7-12-5-3-2-4-6-12/h2-6,8,10-11,13,16-20,23-24,30,32-33H,7,9H2,1H3,(H2,26,34)(H,27,35)(H,28,31,36)/t13-,16-,17+,18-,19-,20+,23+,24+/m0/s1. The van der Waals surface area contributed by atoms with Crippen LogP contribution in [-0.4, -0.2) is 93.3 Å². The number of nitrogens with one attached hydrogen (secondary N) is 2. The number of benzene rings is 1. The summed E-state index contributed by atoms with van der Waals surface area (Å²) in [6.45, 7) is 0.243. The number of carbonyl (C=O) groups excluding carboxylic acids is 2. The first-order valence-electron chi connectivity index (χ1n) is 12.3. The van der Waals surface area contributed by atoms with E-state index in [4.69, 9.17) is 24.7 Å². The largest absolute Gasteiger partial charge is 0.456 e. The summed E-state index contributed by atoms with van der Waals surface area (Å²) in [5.74, 6) is -2.19. The lowest BCUT2D eigenvalue weighted by molar-refractivity contribution is -0.241. The Balaban J connectivity index is 1.48. The highest BCUT2D eigenvalue weighted by Crippen LogP contribution is 2.34. The van der Waals surface area contributed by atoms with E-state index < -0.39 is 72.2 Å². The van der Waals surface area contributed by atoms with Gasteiger partial charge in [0, 0.05) is 25.9 Å². The number of amides is 2. The van der Waals surface area contributed by atoms with E-state index in [9.17, 15) is 34.5 Å². The molecule has 2 aliphatic rings. The van der Waals surface area contributed by atoms with E-state index in [1.165, 1.54) is 7.11 Å². The fraction of sp³-hybridized carbons (Fsp3) is 0.440. The summed E-state index contributed by atoms with van der Waals surface area (Å²) in [5, 5.41) is 34.2. The molecule has 0 unspecified atom stereocenters. The summed E-state index contributed by atoms with van der Waals surface area (Å²) in [6.07, 6.45) is -9.93. The number of aliphatic hydroxyl groups excluding tert-OH is 3. The zero-order chi connectivity index (χ0) is 29.0. The predicted octanol–water partition coefficient (Wildman–Crippen LogP) is -3.00. The third-order valence-electron chi connectivity index (χ3n) is 6.47. The molecular formula is C25H30N4O11. The number of aromatic amines is 1. The fourth-order valence-corrected chi connectivity index (χ4v) is 4.44. The Bertz CT molecular complexity index is 1340. The molecule has 0 bridgehead atoms. The van der Waals surface area contributed by atoms with Gasteiger partial charge in [-0.15, -0.1) is 0 Å². The maximum atomic E-state index is 12.7. The van der Waals surface area contributed by atoms with Gasteiger partial charge in [-0.3, -0.25) is 23.9 Å². The first-order chi connectivity index (χ1) is 19.1. The van der Waals surface area contributed by atoms with Crippen LogP contribution in [0.1, 0.15) is 11.8 Å². The highest BCUT2D eigenvalue weighted by atomic mass is 16.7. The molecular weight excluding hydrogens is 532 g/mol. The lowest BCUT2D eigenvalue weighted by Crippen LogP contribution is -2.54. The molecule has 3 heterocycles. The second kappa shape index (κ2) is 12.5. The van der Waals surface area contributed by atoms with Gasteiger partial charge in [-0.05, 0) is 18.1 Å². The fourth-order valence-electron chi connectivity index (χ4n) is 4.44. The summed E-state index contributed by atoms with van der Waals surface area (Å²) in [4.78, 5) is 50.8. The smallest absolute Gasteiger partial charge is 0.330 e. The van der Waals surface area contributed by atoms with Crippen LogP contribution in [0.3, 0.4) is 0 Å². The molecule has 1 fully saturated rings. The summed E-state index contributed by atoms with van der Waals surface area (Å²) >= 11 is 0. The Labute approximate surface area is 226 Å². The highest BCUT2D eigenvalue weighted by Gasteiger charge is 2.52. The number of hydrogen-bond acceptors (Lipinski definition) is 11. The molecule has 8 atom stereocenters. The van der Waals surface area contributed by atoms with Crippen LogP contribution in [-0.2, 0) is 35.0 Å². The van der Waals surface area contributed by atoms with Gasteiger partial charge >= 0.3 is 5.69 Å². The SMILES string of the molecule is CO[C@H]1[C@@H](O)[C@H](n2ccc(=O)[nH]c2=O)O[C@@H]1[C@@H](O[C@H]1OC(C(=O)NCCc2ccccc2)=C[C@H](O)[C@@H]1O)C(N)=O. The predicted molar refractivity (Wildman–Crippen MR) is 134 cm³/mol. The van der Waals surface area contributed by atoms with E-state index in [1.54, 1.807) is 0 Å². The van der Waals surface area contributed by atoms with Gasteiger partial charge in [-0.2, -0.15) is 0 Å². The third-order valence-corrected chi connectivity index (χ3v) is 6.47. The number of aromatic nitrogens is 2. The number of ether oxygens (including phenoxy) is 4. The van der Waals surface area contributed by atoms with E-state index in [-0.39, 0.29) is 12.3 Å². The molecule has 2 aromatic rings. The first kappa shape index (κ1) is 29.1. The second-order valence-corrected chi connectivity index (χ2v) is 9.15. The van der Waals surface area contributed by atoms with Crippen LogP contribution in [0.4, 0.5) is 0 Å². The zero-order valence-electron chi connectivity index (χ0n) is 21.3. The van der Waals surface area contributed by atoms with Crippen molar-refractivity contribution in [1.29, 1.82) is 0 Å². The van der Waals surface area contributed by atoms with Crippen LogP contribution in [0.15, 0.2) is 64.0 Å².